The lowest BCUT2D eigenvalue weighted by molar-refractivity contribution is 0.0690. The van der Waals surface area contributed by atoms with Crippen LogP contribution in [0.25, 0.3) is 0 Å². The van der Waals surface area contributed by atoms with Gasteiger partial charge in [-0.3, -0.25) is 0 Å². The Kier molecular flexibility index (Phi) is 4.57. The van der Waals surface area contributed by atoms with Crippen LogP contribution in [0.5, 0.6) is 5.88 Å². The van der Waals surface area contributed by atoms with E-state index in [-0.39, 0.29) is 11.4 Å². The van der Waals surface area contributed by atoms with Gasteiger partial charge in [-0.25, -0.2) is 9.78 Å². The molecule has 1 saturated heterocycles. The molecule has 0 atom stereocenters. The molecule has 1 aliphatic rings. The molecule has 0 amide bonds. The highest BCUT2D eigenvalue weighted by molar-refractivity contribution is 5.96. The van der Waals surface area contributed by atoms with Crippen molar-refractivity contribution in [1.82, 2.24) is 4.98 Å². The number of hydrogen-bond acceptors (Lipinski definition) is 5. The van der Waals surface area contributed by atoms with Crippen molar-refractivity contribution in [3.05, 3.63) is 17.8 Å². The van der Waals surface area contributed by atoms with E-state index in [1.54, 1.807) is 12.3 Å². The molecule has 6 nitrogen and oxygen atoms in total. The largest absolute Gasteiger partial charge is 0.477 e. The van der Waals surface area contributed by atoms with Crippen LogP contribution in [-0.2, 0) is 4.74 Å². The normalized spacial score (nSPS) is 15.3. The third kappa shape index (κ3) is 3.14. The van der Waals surface area contributed by atoms with Gasteiger partial charge in [0.25, 0.3) is 0 Å². The molecule has 1 aromatic heterocycles. The molecular weight excluding hydrogens is 248 g/mol. The Balaban J connectivity index is 2.32. The molecule has 2 rings (SSSR count). The van der Waals surface area contributed by atoms with Crippen LogP contribution in [0, 0.1) is 0 Å². The molecule has 0 saturated carbocycles. The number of hydrogen-bond donors (Lipinski definition) is 1. The molecule has 0 radical (unpaired) electrons. The second kappa shape index (κ2) is 6.38. The SMILES string of the molecule is CCCOc1nccc(N2CCOCC2)c1C(=O)O. The summed E-state index contributed by atoms with van der Waals surface area (Å²) in [6, 6.07) is 1.72. The van der Waals surface area contributed by atoms with Crippen molar-refractivity contribution in [3.63, 3.8) is 0 Å². The van der Waals surface area contributed by atoms with Gasteiger partial charge in [-0.05, 0) is 12.5 Å². The Morgan fingerprint density at radius 3 is 2.89 bits per heavy atom. The van der Waals surface area contributed by atoms with E-state index in [0.717, 1.165) is 6.42 Å². The number of aromatic carboxylic acids is 1. The van der Waals surface area contributed by atoms with Crippen LogP contribution in [0.1, 0.15) is 23.7 Å². The highest BCUT2D eigenvalue weighted by Gasteiger charge is 2.23. The molecule has 2 heterocycles. The quantitative estimate of drug-likeness (QED) is 0.868. The molecule has 0 aliphatic carbocycles. The van der Waals surface area contributed by atoms with E-state index < -0.39 is 5.97 Å². The molecule has 1 aliphatic heterocycles. The third-order valence-electron chi connectivity index (χ3n) is 2.90. The van der Waals surface area contributed by atoms with Gasteiger partial charge in [0.15, 0.2) is 0 Å². The van der Waals surface area contributed by atoms with Gasteiger partial charge in [0.1, 0.15) is 5.56 Å². The van der Waals surface area contributed by atoms with Crippen molar-refractivity contribution in [3.8, 4) is 5.88 Å². The van der Waals surface area contributed by atoms with Crippen LogP contribution >= 0.6 is 0 Å². The van der Waals surface area contributed by atoms with E-state index in [4.69, 9.17) is 9.47 Å². The van der Waals surface area contributed by atoms with Crippen LogP contribution in [-0.4, -0.2) is 49.0 Å². The van der Waals surface area contributed by atoms with Gasteiger partial charge >= 0.3 is 5.97 Å². The number of aromatic nitrogens is 1. The summed E-state index contributed by atoms with van der Waals surface area (Å²) in [6.07, 6.45) is 2.39. The maximum atomic E-state index is 11.5. The van der Waals surface area contributed by atoms with Gasteiger partial charge < -0.3 is 19.5 Å². The summed E-state index contributed by atoms with van der Waals surface area (Å²) >= 11 is 0. The third-order valence-corrected chi connectivity index (χ3v) is 2.90. The van der Waals surface area contributed by atoms with E-state index in [9.17, 15) is 9.90 Å². The highest BCUT2D eigenvalue weighted by Crippen LogP contribution is 2.28. The number of pyridine rings is 1. The topological polar surface area (TPSA) is 71.9 Å². The molecule has 1 aromatic rings. The van der Waals surface area contributed by atoms with Crippen molar-refractivity contribution in [2.24, 2.45) is 0 Å². The van der Waals surface area contributed by atoms with Crippen molar-refractivity contribution < 1.29 is 19.4 Å². The lowest BCUT2D eigenvalue weighted by Gasteiger charge is -2.30. The Hall–Kier alpha value is -1.82. The second-order valence-corrected chi connectivity index (χ2v) is 4.26. The zero-order valence-electron chi connectivity index (χ0n) is 11.0. The predicted molar refractivity (Wildman–Crippen MR) is 70.0 cm³/mol. The van der Waals surface area contributed by atoms with Crippen LogP contribution in [0.4, 0.5) is 5.69 Å². The number of morpholine rings is 1. The molecule has 6 heteroatoms. The van der Waals surface area contributed by atoms with Crippen LogP contribution < -0.4 is 9.64 Å². The minimum absolute atomic E-state index is 0.137. The Morgan fingerprint density at radius 2 is 2.26 bits per heavy atom. The fourth-order valence-corrected chi connectivity index (χ4v) is 2.01. The molecule has 104 valence electrons. The Labute approximate surface area is 112 Å². The molecule has 0 aromatic carbocycles. The van der Waals surface area contributed by atoms with Gasteiger partial charge in [0.05, 0.1) is 25.5 Å². The summed E-state index contributed by atoms with van der Waals surface area (Å²) in [5.41, 5.74) is 0.787. The van der Waals surface area contributed by atoms with Crippen LogP contribution in [0.3, 0.4) is 0 Å². The second-order valence-electron chi connectivity index (χ2n) is 4.26. The average Bonchev–Trinajstić information content (AvgIpc) is 2.45. The molecular formula is C13H18N2O4. The van der Waals surface area contributed by atoms with E-state index >= 15 is 0 Å². The van der Waals surface area contributed by atoms with Gasteiger partial charge in [0.2, 0.25) is 5.88 Å². The fourth-order valence-electron chi connectivity index (χ4n) is 2.01. The molecule has 0 bridgehead atoms. The highest BCUT2D eigenvalue weighted by atomic mass is 16.5. The number of anilines is 1. The molecule has 1 N–H and O–H groups in total. The van der Waals surface area contributed by atoms with Crippen molar-refractivity contribution in [2.75, 3.05) is 37.8 Å². The maximum absolute atomic E-state index is 11.5. The number of ether oxygens (including phenoxy) is 2. The molecule has 0 unspecified atom stereocenters. The monoisotopic (exact) mass is 266 g/mol. The van der Waals surface area contributed by atoms with Gasteiger partial charge in [-0.1, -0.05) is 6.92 Å². The van der Waals surface area contributed by atoms with Crippen molar-refractivity contribution >= 4 is 11.7 Å². The lowest BCUT2D eigenvalue weighted by atomic mass is 10.2. The number of nitrogens with zero attached hydrogens (tertiary/aromatic N) is 2. The number of carboxylic acids is 1. The van der Waals surface area contributed by atoms with E-state index in [0.29, 0.717) is 38.6 Å². The first-order valence-corrected chi connectivity index (χ1v) is 6.41. The fraction of sp³-hybridized carbons (Fsp3) is 0.538. The summed E-state index contributed by atoms with van der Waals surface area (Å²) < 4.78 is 10.7. The predicted octanol–water partition coefficient (Wildman–Crippen LogP) is 1.41. The van der Waals surface area contributed by atoms with Gasteiger partial charge in [0, 0.05) is 19.3 Å². The molecule has 19 heavy (non-hydrogen) atoms. The average molecular weight is 266 g/mol. The molecule has 1 fully saturated rings. The summed E-state index contributed by atoms with van der Waals surface area (Å²) in [5, 5.41) is 9.40. The zero-order chi connectivity index (χ0) is 13.7. The number of carboxylic acid groups (broad SMARTS) is 1. The van der Waals surface area contributed by atoms with Crippen molar-refractivity contribution in [2.45, 2.75) is 13.3 Å². The first kappa shape index (κ1) is 13.6. The zero-order valence-corrected chi connectivity index (χ0v) is 11.0. The first-order chi connectivity index (χ1) is 9.24. The smallest absolute Gasteiger partial charge is 0.343 e. The molecule has 0 spiro atoms. The number of carbonyl (C=O) groups is 1. The Bertz CT molecular complexity index is 444. The maximum Gasteiger partial charge on any atom is 0.343 e. The van der Waals surface area contributed by atoms with E-state index in [1.807, 2.05) is 11.8 Å². The summed E-state index contributed by atoms with van der Waals surface area (Å²) in [6.45, 7) is 4.99. The lowest BCUT2D eigenvalue weighted by Crippen LogP contribution is -2.37. The summed E-state index contributed by atoms with van der Waals surface area (Å²) in [4.78, 5) is 17.5. The minimum Gasteiger partial charge on any atom is -0.477 e. The Morgan fingerprint density at radius 1 is 1.53 bits per heavy atom. The van der Waals surface area contributed by atoms with Gasteiger partial charge in [-0.2, -0.15) is 0 Å². The summed E-state index contributed by atoms with van der Waals surface area (Å²) in [5.74, 6) is -0.820. The van der Waals surface area contributed by atoms with Gasteiger partial charge in [-0.15, -0.1) is 0 Å². The number of rotatable bonds is 5. The van der Waals surface area contributed by atoms with Crippen molar-refractivity contribution in [1.29, 1.82) is 0 Å². The van der Waals surface area contributed by atoms with E-state index in [1.165, 1.54) is 0 Å². The van der Waals surface area contributed by atoms with E-state index in [2.05, 4.69) is 4.98 Å². The summed E-state index contributed by atoms with van der Waals surface area (Å²) in [7, 11) is 0. The standard InChI is InChI=1S/C13H18N2O4/c1-2-7-19-12-11(13(16)17)10(3-4-14-12)15-5-8-18-9-6-15/h3-4H,2,5-9H2,1H3,(H,16,17). The van der Waals surface area contributed by atoms with Crippen LogP contribution in [0.2, 0.25) is 0 Å². The first-order valence-electron chi connectivity index (χ1n) is 6.41. The van der Waals surface area contributed by atoms with Crippen LogP contribution in [0.15, 0.2) is 12.3 Å². The minimum atomic E-state index is -1.01.